The Hall–Kier alpha value is -1.04. The number of halogens is 3. The van der Waals surface area contributed by atoms with E-state index >= 15 is 0 Å². The van der Waals surface area contributed by atoms with Crippen molar-refractivity contribution in [3.05, 3.63) is 12.7 Å². The van der Waals surface area contributed by atoms with Crippen molar-refractivity contribution in [3.8, 4) is 0 Å². The van der Waals surface area contributed by atoms with Gasteiger partial charge in [0.2, 0.25) is 5.91 Å². The van der Waals surface area contributed by atoms with E-state index in [1.807, 2.05) is 5.32 Å². The lowest BCUT2D eigenvalue weighted by Crippen LogP contribution is -2.40. The topological polar surface area (TPSA) is 49.3 Å². The highest BCUT2D eigenvalue weighted by molar-refractivity contribution is 5.77. The van der Waals surface area contributed by atoms with Crippen LogP contribution < -0.4 is 5.32 Å². The van der Waals surface area contributed by atoms with Crippen molar-refractivity contribution in [2.45, 2.75) is 18.7 Å². The third-order valence-electron chi connectivity index (χ3n) is 1.20. The molecule has 0 rings (SSSR count). The van der Waals surface area contributed by atoms with E-state index in [0.717, 1.165) is 0 Å². The fourth-order valence-corrected chi connectivity index (χ4v) is 0.530. The van der Waals surface area contributed by atoms with Crippen molar-refractivity contribution >= 4 is 5.91 Å². The van der Waals surface area contributed by atoms with Crippen LogP contribution >= 0.6 is 0 Å². The molecular formula is C7H10F3NO2. The highest BCUT2D eigenvalue weighted by Crippen LogP contribution is 2.19. The van der Waals surface area contributed by atoms with E-state index in [-0.39, 0.29) is 6.42 Å². The van der Waals surface area contributed by atoms with Crippen LogP contribution in [0.3, 0.4) is 0 Å². The maximum Gasteiger partial charge on any atom is 0.416 e. The Bertz CT molecular complexity index is 191. The Balaban J connectivity index is 3.76. The van der Waals surface area contributed by atoms with Crippen LogP contribution in [0.2, 0.25) is 0 Å². The zero-order valence-corrected chi connectivity index (χ0v) is 6.77. The molecule has 0 spiro atoms. The molecule has 0 aliphatic heterocycles. The molecule has 0 fully saturated rings. The van der Waals surface area contributed by atoms with E-state index < -0.39 is 24.7 Å². The van der Waals surface area contributed by atoms with Crippen LogP contribution in [0.15, 0.2) is 12.7 Å². The van der Waals surface area contributed by atoms with Gasteiger partial charge in [-0.15, -0.1) is 6.58 Å². The van der Waals surface area contributed by atoms with E-state index in [1.54, 1.807) is 0 Å². The van der Waals surface area contributed by atoms with Crippen LogP contribution in [0.1, 0.15) is 6.42 Å². The minimum absolute atomic E-state index is 0.0649. The zero-order valence-electron chi connectivity index (χ0n) is 6.77. The first-order valence-electron chi connectivity index (χ1n) is 3.50. The molecule has 1 atom stereocenters. The number of rotatable bonds is 4. The number of hydrogen-bond donors (Lipinski definition) is 2. The van der Waals surface area contributed by atoms with E-state index in [2.05, 4.69) is 6.58 Å². The van der Waals surface area contributed by atoms with Crippen molar-refractivity contribution in [2.75, 3.05) is 6.54 Å². The third kappa shape index (κ3) is 5.24. The summed E-state index contributed by atoms with van der Waals surface area (Å²) in [4.78, 5) is 10.6. The van der Waals surface area contributed by atoms with Crippen molar-refractivity contribution in [1.29, 1.82) is 0 Å². The first-order valence-corrected chi connectivity index (χ1v) is 3.50. The summed E-state index contributed by atoms with van der Waals surface area (Å²) >= 11 is 0. The molecule has 0 aromatic heterocycles. The first-order chi connectivity index (χ1) is 5.88. The lowest BCUT2D eigenvalue weighted by Gasteiger charge is -2.14. The standard InChI is InChI=1S/C7H10F3NO2/c1-2-3-6(13)11-4-5(12)7(8,9)10/h2,5,12H,1,3-4H2,(H,11,13). The Morgan fingerprint density at radius 3 is 2.54 bits per heavy atom. The van der Waals surface area contributed by atoms with Gasteiger partial charge in [0.1, 0.15) is 0 Å². The average molecular weight is 197 g/mol. The summed E-state index contributed by atoms with van der Waals surface area (Å²) < 4.78 is 35.0. The predicted molar refractivity (Wildman–Crippen MR) is 39.9 cm³/mol. The minimum atomic E-state index is -4.69. The van der Waals surface area contributed by atoms with Crippen LogP contribution in [0.5, 0.6) is 0 Å². The molecule has 3 nitrogen and oxygen atoms in total. The van der Waals surface area contributed by atoms with Gasteiger partial charge in [-0.3, -0.25) is 4.79 Å². The Kier molecular flexibility index (Phi) is 4.47. The fraction of sp³-hybridized carbons (Fsp3) is 0.571. The van der Waals surface area contributed by atoms with E-state index in [0.29, 0.717) is 0 Å². The van der Waals surface area contributed by atoms with E-state index in [9.17, 15) is 18.0 Å². The number of aliphatic hydroxyl groups excluding tert-OH is 1. The Morgan fingerprint density at radius 2 is 2.15 bits per heavy atom. The summed E-state index contributed by atoms with van der Waals surface area (Å²) in [5, 5.41) is 10.3. The van der Waals surface area contributed by atoms with Crippen LogP contribution in [-0.4, -0.2) is 29.8 Å². The highest BCUT2D eigenvalue weighted by atomic mass is 19.4. The smallest absolute Gasteiger partial charge is 0.382 e. The molecule has 76 valence electrons. The Morgan fingerprint density at radius 1 is 1.62 bits per heavy atom. The monoisotopic (exact) mass is 197 g/mol. The van der Waals surface area contributed by atoms with Gasteiger partial charge in [-0.05, 0) is 0 Å². The van der Waals surface area contributed by atoms with E-state index in [1.165, 1.54) is 6.08 Å². The predicted octanol–water partition coefficient (Wildman–Crippen LogP) is 0.602. The molecule has 0 heterocycles. The third-order valence-corrected chi connectivity index (χ3v) is 1.20. The Labute approximate surface area is 73.2 Å². The van der Waals surface area contributed by atoms with E-state index in [4.69, 9.17) is 5.11 Å². The molecule has 1 amide bonds. The molecule has 13 heavy (non-hydrogen) atoms. The molecule has 0 aromatic carbocycles. The van der Waals surface area contributed by atoms with Crippen LogP contribution in [0.4, 0.5) is 13.2 Å². The van der Waals surface area contributed by atoms with Crippen molar-refractivity contribution in [3.63, 3.8) is 0 Å². The van der Waals surface area contributed by atoms with Gasteiger partial charge in [0.25, 0.3) is 0 Å². The molecule has 0 aromatic rings. The molecule has 2 N–H and O–H groups in total. The summed E-state index contributed by atoms with van der Waals surface area (Å²) in [5.41, 5.74) is 0. The fourth-order valence-electron chi connectivity index (χ4n) is 0.530. The van der Waals surface area contributed by atoms with Crippen LogP contribution in [0.25, 0.3) is 0 Å². The van der Waals surface area contributed by atoms with Crippen LogP contribution in [-0.2, 0) is 4.79 Å². The molecule has 0 aliphatic rings. The molecule has 0 bridgehead atoms. The number of hydrogen-bond acceptors (Lipinski definition) is 2. The maximum atomic E-state index is 11.7. The highest BCUT2D eigenvalue weighted by Gasteiger charge is 2.37. The maximum absolute atomic E-state index is 11.7. The molecule has 6 heteroatoms. The molecular weight excluding hydrogens is 187 g/mol. The number of aliphatic hydroxyl groups is 1. The summed E-state index contributed by atoms with van der Waals surface area (Å²) in [5.74, 6) is -0.599. The lowest BCUT2D eigenvalue weighted by molar-refractivity contribution is -0.201. The first kappa shape index (κ1) is 12.0. The normalized spacial score (nSPS) is 13.5. The SMILES string of the molecule is C=CCC(=O)NCC(O)C(F)(F)F. The molecule has 0 radical (unpaired) electrons. The van der Waals surface area contributed by atoms with Gasteiger partial charge >= 0.3 is 6.18 Å². The van der Waals surface area contributed by atoms with Gasteiger partial charge in [0.05, 0.1) is 6.54 Å². The second kappa shape index (κ2) is 4.86. The van der Waals surface area contributed by atoms with Crippen molar-refractivity contribution in [1.82, 2.24) is 5.32 Å². The van der Waals surface area contributed by atoms with Gasteiger partial charge < -0.3 is 10.4 Å². The summed E-state index contributed by atoms with van der Waals surface area (Å²) in [6.07, 6.45) is -6.01. The number of carbonyl (C=O) groups is 1. The van der Waals surface area contributed by atoms with Gasteiger partial charge in [-0.2, -0.15) is 13.2 Å². The number of nitrogens with one attached hydrogen (secondary N) is 1. The van der Waals surface area contributed by atoms with Crippen LogP contribution in [0, 0.1) is 0 Å². The molecule has 0 saturated heterocycles. The molecule has 0 aliphatic carbocycles. The lowest BCUT2D eigenvalue weighted by atomic mass is 10.3. The van der Waals surface area contributed by atoms with Crippen molar-refractivity contribution in [2.24, 2.45) is 0 Å². The molecule has 0 saturated carbocycles. The van der Waals surface area contributed by atoms with Gasteiger partial charge in [0.15, 0.2) is 6.10 Å². The van der Waals surface area contributed by atoms with Gasteiger partial charge in [0, 0.05) is 6.42 Å². The summed E-state index contributed by atoms with van der Waals surface area (Å²) in [6.45, 7) is 2.41. The summed E-state index contributed by atoms with van der Waals surface area (Å²) in [7, 11) is 0. The van der Waals surface area contributed by atoms with Gasteiger partial charge in [-0.1, -0.05) is 6.08 Å². The number of amides is 1. The summed E-state index contributed by atoms with van der Waals surface area (Å²) in [6, 6.07) is 0. The zero-order chi connectivity index (χ0) is 10.5. The second-order valence-corrected chi connectivity index (χ2v) is 2.35. The number of alkyl halides is 3. The average Bonchev–Trinajstić information content (AvgIpc) is 1.99. The molecule has 1 unspecified atom stereocenters. The largest absolute Gasteiger partial charge is 0.416 e. The quantitative estimate of drug-likeness (QED) is 0.648. The number of carbonyl (C=O) groups excluding carboxylic acids is 1. The minimum Gasteiger partial charge on any atom is -0.382 e. The van der Waals surface area contributed by atoms with Crippen molar-refractivity contribution < 1.29 is 23.1 Å². The second-order valence-electron chi connectivity index (χ2n) is 2.35. The van der Waals surface area contributed by atoms with Gasteiger partial charge in [-0.25, -0.2) is 0 Å².